The Morgan fingerprint density at radius 2 is 1.92 bits per heavy atom. The van der Waals surface area contributed by atoms with Crippen molar-refractivity contribution in [2.45, 2.75) is 76.2 Å². The number of hydrogen-bond donors (Lipinski definition) is 0. The van der Waals surface area contributed by atoms with Crippen LogP contribution in [0.1, 0.15) is 70.6 Å². The molecule has 5 heteroatoms. The van der Waals surface area contributed by atoms with E-state index in [1.165, 1.54) is 44.9 Å². The lowest BCUT2D eigenvalue weighted by atomic mass is 9.86. The van der Waals surface area contributed by atoms with E-state index in [1.807, 2.05) is 4.90 Å². The summed E-state index contributed by atoms with van der Waals surface area (Å²) >= 11 is 0. The van der Waals surface area contributed by atoms with Crippen molar-refractivity contribution in [3.8, 4) is 0 Å². The molecular weight excluding hydrogens is 328 g/mol. The van der Waals surface area contributed by atoms with Gasteiger partial charge in [0.2, 0.25) is 11.8 Å². The highest BCUT2D eigenvalue weighted by Gasteiger charge is 2.48. The lowest BCUT2D eigenvalue weighted by molar-refractivity contribution is -0.138. The summed E-state index contributed by atoms with van der Waals surface area (Å²) in [4.78, 5) is 29.9. The summed E-state index contributed by atoms with van der Waals surface area (Å²) < 4.78 is 5.73. The molecule has 2 aliphatic heterocycles. The number of nitrogens with zero attached hydrogens (tertiary/aromatic N) is 2. The van der Waals surface area contributed by atoms with Crippen molar-refractivity contribution in [2.75, 3.05) is 32.8 Å². The maximum atomic E-state index is 12.9. The van der Waals surface area contributed by atoms with Crippen molar-refractivity contribution in [1.29, 1.82) is 0 Å². The summed E-state index contributed by atoms with van der Waals surface area (Å²) in [7, 11) is 0. The summed E-state index contributed by atoms with van der Waals surface area (Å²) in [6, 6.07) is 0. The van der Waals surface area contributed by atoms with E-state index < -0.39 is 0 Å². The highest BCUT2D eigenvalue weighted by atomic mass is 16.5. The summed E-state index contributed by atoms with van der Waals surface area (Å²) in [6.45, 7) is 3.43. The third-order valence-electron chi connectivity index (χ3n) is 7.02. The molecule has 0 aromatic heterocycles. The molecule has 0 N–H and O–H groups in total. The van der Waals surface area contributed by atoms with Crippen LogP contribution in [0.4, 0.5) is 0 Å². The Labute approximate surface area is 157 Å². The lowest BCUT2D eigenvalue weighted by Gasteiger charge is -2.40. The predicted octanol–water partition coefficient (Wildman–Crippen LogP) is 2.98. The Hall–Kier alpha value is -1.10. The first-order chi connectivity index (χ1) is 12.7. The molecular formula is C21H34N2O3. The van der Waals surface area contributed by atoms with Crippen molar-refractivity contribution < 1.29 is 14.3 Å². The van der Waals surface area contributed by atoms with Crippen LogP contribution in [-0.4, -0.2) is 60.0 Å². The van der Waals surface area contributed by atoms with Gasteiger partial charge in [-0.05, 0) is 37.5 Å². The molecule has 2 saturated carbocycles. The van der Waals surface area contributed by atoms with Crippen LogP contribution >= 0.6 is 0 Å². The molecule has 26 heavy (non-hydrogen) atoms. The Balaban J connectivity index is 1.40. The fraction of sp³-hybridized carbons (Fsp3) is 0.905. The molecule has 1 unspecified atom stereocenters. The van der Waals surface area contributed by atoms with E-state index >= 15 is 0 Å². The fourth-order valence-corrected chi connectivity index (χ4v) is 5.11. The average molecular weight is 363 g/mol. The zero-order chi connectivity index (χ0) is 18.0. The summed E-state index contributed by atoms with van der Waals surface area (Å²) in [6.07, 6.45) is 12.1. The van der Waals surface area contributed by atoms with Crippen LogP contribution in [0.25, 0.3) is 0 Å². The van der Waals surface area contributed by atoms with Gasteiger partial charge in [-0.3, -0.25) is 9.59 Å². The largest absolute Gasteiger partial charge is 0.379 e. The van der Waals surface area contributed by atoms with Gasteiger partial charge in [-0.15, -0.1) is 0 Å². The molecule has 0 bridgehead atoms. The Morgan fingerprint density at radius 3 is 2.62 bits per heavy atom. The third kappa shape index (κ3) is 4.08. The van der Waals surface area contributed by atoms with E-state index in [0.29, 0.717) is 45.1 Å². The van der Waals surface area contributed by atoms with E-state index in [-0.39, 0.29) is 17.4 Å². The molecule has 1 spiro atoms. The van der Waals surface area contributed by atoms with Gasteiger partial charge >= 0.3 is 0 Å². The molecule has 2 saturated heterocycles. The monoisotopic (exact) mass is 362 g/mol. The smallest absolute Gasteiger partial charge is 0.224 e. The number of carbonyl (C=O) groups is 2. The minimum absolute atomic E-state index is 0.227. The second kappa shape index (κ2) is 7.87. The molecule has 2 amide bonds. The van der Waals surface area contributed by atoms with Crippen molar-refractivity contribution in [3.63, 3.8) is 0 Å². The molecule has 0 aromatic carbocycles. The Bertz CT molecular complexity index is 519. The minimum atomic E-state index is -0.267. The van der Waals surface area contributed by atoms with Crippen molar-refractivity contribution in [3.05, 3.63) is 0 Å². The number of rotatable bonds is 5. The highest BCUT2D eigenvalue weighted by Crippen LogP contribution is 2.37. The van der Waals surface area contributed by atoms with E-state index in [2.05, 4.69) is 4.90 Å². The molecule has 2 aliphatic carbocycles. The van der Waals surface area contributed by atoms with Gasteiger partial charge in [-0.1, -0.05) is 32.1 Å². The Morgan fingerprint density at radius 1 is 1.12 bits per heavy atom. The van der Waals surface area contributed by atoms with Gasteiger partial charge < -0.3 is 14.5 Å². The predicted molar refractivity (Wildman–Crippen MR) is 99.6 cm³/mol. The molecule has 0 radical (unpaired) electrons. The molecule has 146 valence electrons. The standard InChI is InChI=1S/C21H34N2O3/c24-19(9-8-17-4-2-1-3-5-17)22-12-10-20(25)23(14-18-6-7-18)21(15-22)11-13-26-16-21/h17-18H,1-16H2. The van der Waals surface area contributed by atoms with Gasteiger partial charge in [0.05, 0.1) is 12.1 Å². The van der Waals surface area contributed by atoms with E-state index in [1.54, 1.807) is 0 Å². The summed E-state index contributed by atoms with van der Waals surface area (Å²) in [5.41, 5.74) is -0.267. The normalized spacial score (nSPS) is 30.8. The maximum absolute atomic E-state index is 12.9. The van der Waals surface area contributed by atoms with Gasteiger partial charge in [0.1, 0.15) is 0 Å². The molecule has 4 fully saturated rings. The van der Waals surface area contributed by atoms with Crippen LogP contribution in [0, 0.1) is 11.8 Å². The lowest BCUT2D eigenvalue weighted by Crippen LogP contribution is -2.57. The number of hydrogen-bond acceptors (Lipinski definition) is 3. The van der Waals surface area contributed by atoms with Crippen LogP contribution in [-0.2, 0) is 14.3 Å². The van der Waals surface area contributed by atoms with Crippen molar-refractivity contribution >= 4 is 11.8 Å². The van der Waals surface area contributed by atoms with E-state index in [9.17, 15) is 9.59 Å². The first kappa shape index (κ1) is 18.3. The van der Waals surface area contributed by atoms with Crippen LogP contribution < -0.4 is 0 Å². The van der Waals surface area contributed by atoms with Gasteiger partial charge in [-0.25, -0.2) is 0 Å². The number of amides is 2. The van der Waals surface area contributed by atoms with Gasteiger partial charge in [-0.2, -0.15) is 0 Å². The van der Waals surface area contributed by atoms with Gasteiger partial charge in [0, 0.05) is 39.1 Å². The van der Waals surface area contributed by atoms with Gasteiger partial charge in [0.15, 0.2) is 0 Å². The minimum Gasteiger partial charge on any atom is -0.379 e. The fourth-order valence-electron chi connectivity index (χ4n) is 5.11. The van der Waals surface area contributed by atoms with Crippen molar-refractivity contribution in [1.82, 2.24) is 9.80 Å². The first-order valence-corrected chi connectivity index (χ1v) is 10.8. The van der Waals surface area contributed by atoms with Gasteiger partial charge in [0.25, 0.3) is 0 Å². The zero-order valence-corrected chi connectivity index (χ0v) is 16.1. The van der Waals surface area contributed by atoms with Crippen LogP contribution in [0.2, 0.25) is 0 Å². The van der Waals surface area contributed by atoms with E-state index in [0.717, 1.165) is 25.3 Å². The van der Waals surface area contributed by atoms with E-state index in [4.69, 9.17) is 4.74 Å². The maximum Gasteiger partial charge on any atom is 0.224 e. The summed E-state index contributed by atoms with van der Waals surface area (Å²) in [5, 5.41) is 0. The zero-order valence-electron chi connectivity index (χ0n) is 16.1. The molecule has 1 atom stereocenters. The first-order valence-electron chi connectivity index (χ1n) is 10.8. The topological polar surface area (TPSA) is 49.9 Å². The Kier molecular flexibility index (Phi) is 5.53. The average Bonchev–Trinajstić information content (AvgIpc) is 3.39. The quantitative estimate of drug-likeness (QED) is 0.755. The van der Waals surface area contributed by atoms with Crippen LogP contribution in [0.15, 0.2) is 0 Å². The molecule has 2 heterocycles. The summed E-state index contributed by atoms with van der Waals surface area (Å²) in [5.74, 6) is 1.88. The number of carbonyl (C=O) groups excluding carboxylic acids is 2. The van der Waals surface area contributed by atoms with Crippen LogP contribution in [0.5, 0.6) is 0 Å². The molecule has 4 rings (SSSR count). The second-order valence-electron chi connectivity index (χ2n) is 9.08. The number of ether oxygens (including phenoxy) is 1. The molecule has 0 aromatic rings. The molecule has 5 nitrogen and oxygen atoms in total. The second-order valence-corrected chi connectivity index (χ2v) is 9.08. The highest BCUT2D eigenvalue weighted by molar-refractivity contribution is 5.81. The SMILES string of the molecule is O=C(CCC1CCCCC1)N1CCC(=O)N(CC2CC2)C2(CCOC2)C1. The third-order valence-corrected chi connectivity index (χ3v) is 7.02. The van der Waals surface area contributed by atoms with Crippen molar-refractivity contribution in [2.24, 2.45) is 11.8 Å². The molecule has 4 aliphatic rings. The van der Waals surface area contributed by atoms with Crippen LogP contribution in [0.3, 0.4) is 0 Å².